The summed E-state index contributed by atoms with van der Waals surface area (Å²) in [6.45, 7) is 0.274. The van der Waals surface area contributed by atoms with E-state index in [1.165, 1.54) is 0 Å². The summed E-state index contributed by atoms with van der Waals surface area (Å²) in [6, 6.07) is 0. The molecule has 0 atom stereocenters. The van der Waals surface area contributed by atoms with E-state index < -0.39 is 18.3 Å². The van der Waals surface area contributed by atoms with Gasteiger partial charge in [-0.05, 0) is 29.5 Å². The third kappa shape index (κ3) is 2.69. The molecule has 0 aliphatic carbocycles. The molecule has 0 amide bonds. The lowest BCUT2D eigenvalue weighted by molar-refractivity contribution is -0.141. The summed E-state index contributed by atoms with van der Waals surface area (Å²) in [6.07, 6.45) is -3.49. The zero-order valence-electron chi connectivity index (χ0n) is 7.10. The van der Waals surface area contributed by atoms with E-state index in [-0.39, 0.29) is 3.57 Å². The summed E-state index contributed by atoms with van der Waals surface area (Å²) in [5.41, 5.74) is -0.218. The largest absolute Gasteiger partial charge is 0.406 e. The number of hydrogen-bond acceptors (Lipinski definition) is 2. The number of aromatic nitrogens is 2. The van der Waals surface area contributed by atoms with Crippen LogP contribution in [0.3, 0.4) is 0 Å². The maximum Gasteiger partial charge on any atom is 0.406 e. The van der Waals surface area contributed by atoms with Gasteiger partial charge >= 0.3 is 6.18 Å². The smallest absolute Gasteiger partial charge is 0.289 e. The zero-order chi connectivity index (χ0) is 10.9. The van der Waals surface area contributed by atoms with Crippen molar-refractivity contribution in [1.29, 1.82) is 0 Å². The van der Waals surface area contributed by atoms with Gasteiger partial charge < -0.3 is 0 Å². The van der Waals surface area contributed by atoms with Gasteiger partial charge in [-0.2, -0.15) is 13.2 Å². The highest BCUT2D eigenvalue weighted by Gasteiger charge is 2.28. The van der Waals surface area contributed by atoms with Crippen LogP contribution in [-0.4, -0.2) is 15.7 Å². The summed E-state index contributed by atoms with van der Waals surface area (Å²) < 4.78 is 36.7. The third-order valence-corrected chi connectivity index (χ3v) is 2.75. The van der Waals surface area contributed by atoms with Crippen molar-refractivity contribution in [1.82, 2.24) is 9.55 Å². The molecule has 3 nitrogen and oxygen atoms in total. The quantitative estimate of drug-likeness (QED) is 0.739. The van der Waals surface area contributed by atoms with E-state index >= 15 is 0 Å². The summed E-state index contributed by atoms with van der Waals surface area (Å²) >= 11 is 1.68. The van der Waals surface area contributed by atoms with Gasteiger partial charge in [0.1, 0.15) is 6.54 Å². The fraction of sp³-hybridized carbons (Fsp3) is 0.429. The normalized spacial score (nSPS) is 11.8. The van der Waals surface area contributed by atoms with Crippen molar-refractivity contribution in [2.75, 3.05) is 0 Å². The Balaban J connectivity index is 3.13. The van der Waals surface area contributed by atoms with Crippen molar-refractivity contribution in [3.63, 3.8) is 0 Å². The van der Waals surface area contributed by atoms with Crippen LogP contribution in [-0.2, 0) is 6.54 Å². The fourth-order valence-electron chi connectivity index (χ4n) is 0.852. The second-order valence-electron chi connectivity index (χ2n) is 2.69. The van der Waals surface area contributed by atoms with Crippen LogP contribution in [0.15, 0.2) is 11.1 Å². The van der Waals surface area contributed by atoms with Gasteiger partial charge in [0.15, 0.2) is 0 Å². The van der Waals surface area contributed by atoms with Crippen molar-refractivity contribution in [2.24, 2.45) is 0 Å². The van der Waals surface area contributed by atoms with Crippen LogP contribution in [0, 0.1) is 10.5 Å². The van der Waals surface area contributed by atoms with Crippen LogP contribution in [0.5, 0.6) is 0 Å². The Kier molecular flexibility index (Phi) is 3.17. The lowest BCUT2D eigenvalue weighted by Crippen LogP contribution is -2.30. The molecule has 0 spiro atoms. The molecule has 0 aliphatic heterocycles. The summed E-state index contributed by atoms with van der Waals surface area (Å²) in [5.74, 6) is 0. The average molecular weight is 318 g/mol. The Labute approximate surface area is 91.1 Å². The highest BCUT2D eigenvalue weighted by molar-refractivity contribution is 14.1. The van der Waals surface area contributed by atoms with E-state index in [9.17, 15) is 18.0 Å². The molecular weight excluding hydrogens is 312 g/mol. The van der Waals surface area contributed by atoms with Gasteiger partial charge in [-0.15, -0.1) is 0 Å². The van der Waals surface area contributed by atoms with Crippen LogP contribution in [0.1, 0.15) is 5.69 Å². The number of nitrogens with zero attached hydrogens (tertiary/aromatic N) is 2. The first-order valence-electron chi connectivity index (χ1n) is 3.59. The first-order valence-corrected chi connectivity index (χ1v) is 4.67. The molecule has 0 saturated carbocycles. The summed E-state index contributed by atoms with van der Waals surface area (Å²) in [5, 5.41) is 0. The Morgan fingerprint density at radius 3 is 2.64 bits per heavy atom. The maximum atomic E-state index is 12.0. The number of halogens is 4. The Bertz CT molecular complexity index is 399. The molecule has 1 aromatic rings. The van der Waals surface area contributed by atoms with Crippen molar-refractivity contribution in [3.8, 4) is 0 Å². The molecule has 0 fully saturated rings. The number of rotatable bonds is 1. The van der Waals surface area contributed by atoms with E-state index in [0.717, 1.165) is 6.33 Å². The highest BCUT2D eigenvalue weighted by Crippen LogP contribution is 2.16. The van der Waals surface area contributed by atoms with E-state index in [0.29, 0.717) is 10.3 Å². The molecule has 7 heteroatoms. The minimum atomic E-state index is -4.40. The minimum Gasteiger partial charge on any atom is -0.289 e. The Morgan fingerprint density at radius 2 is 2.14 bits per heavy atom. The molecule has 0 unspecified atom stereocenters. The van der Waals surface area contributed by atoms with E-state index in [1.807, 2.05) is 0 Å². The Morgan fingerprint density at radius 1 is 1.57 bits per heavy atom. The van der Waals surface area contributed by atoms with Crippen molar-refractivity contribution >= 4 is 22.6 Å². The van der Waals surface area contributed by atoms with Gasteiger partial charge in [0.05, 0.1) is 15.6 Å². The zero-order valence-corrected chi connectivity index (χ0v) is 9.26. The minimum absolute atomic E-state index is 0.217. The van der Waals surface area contributed by atoms with E-state index in [4.69, 9.17) is 0 Å². The lowest BCUT2D eigenvalue weighted by atomic mass is 10.4. The molecule has 0 aliphatic rings. The average Bonchev–Trinajstić information content (AvgIpc) is 2.04. The number of hydrogen-bond donors (Lipinski definition) is 0. The van der Waals surface area contributed by atoms with Crippen molar-refractivity contribution < 1.29 is 13.2 Å². The predicted octanol–water partition coefficient (Wildman–Crippen LogP) is 1.72. The standard InChI is InChI=1S/C7H6F3IN2O/c1-4-5(11)6(14)13(3-12-4)2-7(8,9)10/h3H,2H2,1H3. The Hall–Kier alpha value is -0.600. The third-order valence-electron chi connectivity index (χ3n) is 1.51. The van der Waals surface area contributed by atoms with Crippen LogP contribution in [0.4, 0.5) is 13.2 Å². The predicted molar refractivity (Wildman–Crippen MR) is 52.0 cm³/mol. The monoisotopic (exact) mass is 318 g/mol. The second-order valence-corrected chi connectivity index (χ2v) is 3.77. The highest BCUT2D eigenvalue weighted by atomic mass is 127. The van der Waals surface area contributed by atoms with Crippen molar-refractivity contribution in [3.05, 3.63) is 25.9 Å². The molecule has 14 heavy (non-hydrogen) atoms. The van der Waals surface area contributed by atoms with Gasteiger partial charge in [-0.3, -0.25) is 9.36 Å². The van der Waals surface area contributed by atoms with Crippen LogP contribution < -0.4 is 5.56 Å². The molecule has 0 saturated heterocycles. The molecule has 0 N–H and O–H groups in total. The second kappa shape index (κ2) is 3.87. The summed E-state index contributed by atoms with van der Waals surface area (Å²) in [7, 11) is 0. The van der Waals surface area contributed by atoms with Gasteiger partial charge in [0.2, 0.25) is 0 Å². The van der Waals surface area contributed by atoms with Gasteiger partial charge in [0, 0.05) is 0 Å². The first kappa shape index (κ1) is 11.5. The fourth-order valence-corrected chi connectivity index (χ4v) is 1.30. The van der Waals surface area contributed by atoms with E-state index in [1.54, 1.807) is 29.5 Å². The number of alkyl halides is 3. The van der Waals surface area contributed by atoms with Crippen LogP contribution >= 0.6 is 22.6 Å². The lowest BCUT2D eigenvalue weighted by Gasteiger charge is -2.09. The summed E-state index contributed by atoms with van der Waals surface area (Å²) in [4.78, 5) is 15.0. The van der Waals surface area contributed by atoms with Crippen LogP contribution in [0.2, 0.25) is 0 Å². The van der Waals surface area contributed by atoms with Crippen molar-refractivity contribution in [2.45, 2.75) is 19.6 Å². The van der Waals surface area contributed by atoms with Gasteiger partial charge in [0.25, 0.3) is 5.56 Å². The molecule has 1 aromatic heterocycles. The SMILES string of the molecule is Cc1ncn(CC(F)(F)F)c(=O)c1I. The molecule has 1 rings (SSSR count). The van der Waals surface area contributed by atoms with Crippen LogP contribution in [0.25, 0.3) is 0 Å². The van der Waals surface area contributed by atoms with E-state index in [2.05, 4.69) is 4.98 Å². The molecular formula is C7H6F3IN2O. The number of aryl methyl sites for hydroxylation is 1. The molecule has 0 bridgehead atoms. The van der Waals surface area contributed by atoms with Gasteiger partial charge in [-0.25, -0.2) is 4.98 Å². The molecule has 1 heterocycles. The first-order chi connectivity index (χ1) is 6.31. The van der Waals surface area contributed by atoms with Gasteiger partial charge in [-0.1, -0.05) is 0 Å². The molecule has 0 radical (unpaired) electrons. The molecule has 0 aromatic carbocycles. The molecule has 78 valence electrons. The topological polar surface area (TPSA) is 34.9 Å². The maximum absolute atomic E-state index is 12.0.